The molecular formula is C16H28N2O. The van der Waals surface area contributed by atoms with Crippen LogP contribution in [0.4, 0.5) is 0 Å². The molecule has 0 bridgehead atoms. The van der Waals surface area contributed by atoms with Gasteiger partial charge in [0, 0.05) is 26.2 Å². The number of rotatable bonds is 9. The second-order valence-electron chi connectivity index (χ2n) is 5.23. The van der Waals surface area contributed by atoms with E-state index in [1.165, 1.54) is 11.1 Å². The number of likely N-dealkylation sites (N-methyl/N-ethyl adjacent to an activating group) is 1. The standard InChI is InChI=1S/C16H28N2O/c1-14(2)18(11-12-19-4)13-16-7-5-15(6-8-16)9-10-17-3/h5-8,14,17H,9-13H2,1-4H3. The first-order chi connectivity index (χ1) is 9.17. The highest BCUT2D eigenvalue weighted by Gasteiger charge is 2.09. The molecule has 0 aromatic heterocycles. The van der Waals surface area contributed by atoms with Crippen molar-refractivity contribution in [3.63, 3.8) is 0 Å². The largest absolute Gasteiger partial charge is 0.383 e. The minimum atomic E-state index is 0.541. The number of methoxy groups -OCH3 is 1. The molecule has 108 valence electrons. The van der Waals surface area contributed by atoms with Crippen LogP contribution in [-0.4, -0.2) is 44.8 Å². The zero-order valence-electron chi connectivity index (χ0n) is 12.8. The first kappa shape index (κ1) is 16.2. The third-order valence-corrected chi connectivity index (χ3v) is 3.39. The number of benzene rings is 1. The third-order valence-electron chi connectivity index (χ3n) is 3.39. The Morgan fingerprint density at radius 1 is 1.16 bits per heavy atom. The van der Waals surface area contributed by atoms with Gasteiger partial charge in [-0.3, -0.25) is 4.90 Å². The van der Waals surface area contributed by atoms with Gasteiger partial charge in [0.15, 0.2) is 0 Å². The van der Waals surface area contributed by atoms with Crippen LogP contribution in [0.15, 0.2) is 24.3 Å². The highest BCUT2D eigenvalue weighted by molar-refractivity contribution is 5.22. The molecule has 0 fully saturated rings. The molecule has 0 saturated carbocycles. The number of nitrogens with one attached hydrogen (secondary N) is 1. The van der Waals surface area contributed by atoms with Crippen molar-refractivity contribution in [1.82, 2.24) is 10.2 Å². The maximum absolute atomic E-state index is 5.17. The fraction of sp³-hybridized carbons (Fsp3) is 0.625. The zero-order chi connectivity index (χ0) is 14.1. The first-order valence-corrected chi connectivity index (χ1v) is 7.12. The van der Waals surface area contributed by atoms with E-state index in [9.17, 15) is 0 Å². The lowest BCUT2D eigenvalue weighted by Gasteiger charge is -2.26. The van der Waals surface area contributed by atoms with Gasteiger partial charge in [-0.2, -0.15) is 0 Å². The second kappa shape index (κ2) is 9.08. The molecule has 0 saturated heterocycles. The van der Waals surface area contributed by atoms with E-state index in [2.05, 4.69) is 48.3 Å². The van der Waals surface area contributed by atoms with Crippen LogP contribution in [0.25, 0.3) is 0 Å². The maximum atomic E-state index is 5.17. The summed E-state index contributed by atoms with van der Waals surface area (Å²) in [6.45, 7) is 8.26. The van der Waals surface area contributed by atoms with Crippen LogP contribution in [-0.2, 0) is 17.7 Å². The summed E-state index contributed by atoms with van der Waals surface area (Å²) < 4.78 is 5.17. The van der Waals surface area contributed by atoms with Crippen LogP contribution in [0.2, 0.25) is 0 Å². The molecule has 19 heavy (non-hydrogen) atoms. The predicted molar refractivity (Wildman–Crippen MR) is 81.5 cm³/mol. The number of hydrogen-bond acceptors (Lipinski definition) is 3. The minimum Gasteiger partial charge on any atom is -0.383 e. The van der Waals surface area contributed by atoms with Gasteiger partial charge in [-0.25, -0.2) is 0 Å². The minimum absolute atomic E-state index is 0.541. The molecule has 3 heteroatoms. The fourth-order valence-corrected chi connectivity index (χ4v) is 2.04. The molecule has 1 aromatic carbocycles. The topological polar surface area (TPSA) is 24.5 Å². The van der Waals surface area contributed by atoms with Gasteiger partial charge in [0.2, 0.25) is 0 Å². The molecule has 1 aromatic rings. The van der Waals surface area contributed by atoms with E-state index >= 15 is 0 Å². The lowest BCUT2D eigenvalue weighted by molar-refractivity contribution is 0.125. The highest BCUT2D eigenvalue weighted by atomic mass is 16.5. The van der Waals surface area contributed by atoms with E-state index in [0.29, 0.717) is 6.04 Å². The van der Waals surface area contributed by atoms with Crippen molar-refractivity contribution in [2.75, 3.05) is 33.9 Å². The molecule has 0 spiro atoms. The Morgan fingerprint density at radius 2 is 1.79 bits per heavy atom. The van der Waals surface area contributed by atoms with Crippen molar-refractivity contribution in [2.45, 2.75) is 32.9 Å². The van der Waals surface area contributed by atoms with E-state index in [0.717, 1.165) is 32.7 Å². The molecule has 0 aliphatic carbocycles. The lowest BCUT2D eigenvalue weighted by Crippen LogP contribution is -2.33. The Labute approximate surface area is 118 Å². The number of ether oxygens (including phenoxy) is 1. The predicted octanol–water partition coefficient (Wildman–Crippen LogP) is 2.31. The Hall–Kier alpha value is -0.900. The van der Waals surface area contributed by atoms with Crippen molar-refractivity contribution in [3.05, 3.63) is 35.4 Å². The molecule has 1 rings (SSSR count). The van der Waals surface area contributed by atoms with Crippen molar-refractivity contribution >= 4 is 0 Å². The first-order valence-electron chi connectivity index (χ1n) is 7.12. The highest BCUT2D eigenvalue weighted by Crippen LogP contribution is 2.10. The SMILES string of the molecule is CNCCc1ccc(CN(CCOC)C(C)C)cc1. The van der Waals surface area contributed by atoms with Crippen molar-refractivity contribution in [1.29, 1.82) is 0 Å². The molecule has 0 unspecified atom stereocenters. The van der Waals surface area contributed by atoms with Gasteiger partial charge < -0.3 is 10.1 Å². The summed E-state index contributed by atoms with van der Waals surface area (Å²) in [6, 6.07) is 9.50. The quantitative estimate of drug-likeness (QED) is 0.741. The molecule has 0 amide bonds. The van der Waals surface area contributed by atoms with Crippen molar-refractivity contribution < 1.29 is 4.74 Å². The van der Waals surface area contributed by atoms with E-state index in [4.69, 9.17) is 4.74 Å². The van der Waals surface area contributed by atoms with Gasteiger partial charge in [0.25, 0.3) is 0 Å². The molecule has 3 nitrogen and oxygen atoms in total. The van der Waals surface area contributed by atoms with Crippen molar-refractivity contribution in [2.24, 2.45) is 0 Å². The van der Waals surface area contributed by atoms with Crippen LogP contribution in [0.3, 0.4) is 0 Å². The molecule has 0 heterocycles. The monoisotopic (exact) mass is 264 g/mol. The van der Waals surface area contributed by atoms with Gasteiger partial charge in [0.05, 0.1) is 6.61 Å². The van der Waals surface area contributed by atoms with Crippen LogP contribution in [0.5, 0.6) is 0 Å². The second-order valence-corrected chi connectivity index (χ2v) is 5.23. The molecular weight excluding hydrogens is 236 g/mol. The summed E-state index contributed by atoms with van der Waals surface area (Å²) in [4.78, 5) is 2.44. The van der Waals surface area contributed by atoms with Crippen LogP contribution < -0.4 is 5.32 Å². The summed E-state index contributed by atoms with van der Waals surface area (Å²) in [5.74, 6) is 0. The van der Waals surface area contributed by atoms with Crippen LogP contribution in [0.1, 0.15) is 25.0 Å². The van der Waals surface area contributed by atoms with E-state index in [1.54, 1.807) is 7.11 Å². The van der Waals surface area contributed by atoms with E-state index in [-0.39, 0.29) is 0 Å². The maximum Gasteiger partial charge on any atom is 0.0589 e. The summed E-state index contributed by atoms with van der Waals surface area (Å²) in [5, 5.41) is 3.18. The third kappa shape index (κ3) is 6.19. The number of nitrogens with zero attached hydrogens (tertiary/aromatic N) is 1. The lowest BCUT2D eigenvalue weighted by atomic mass is 10.1. The zero-order valence-corrected chi connectivity index (χ0v) is 12.8. The van der Waals surface area contributed by atoms with Crippen molar-refractivity contribution in [3.8, 4) is 0 Å². The van der Waals surface area contributed by atoms with Gasteiger partial charge in [-0.15, -0.1) is 0 Å². The van der Waals surface area contributed by atoms with Crippen LogP contribution in [0, 0.1) is 0 Å². The van der Waals surface area contributed by atoms with Gasteiger partial charge in [-0.1, -0.05) is 24.3 Å². The Balaban J connectivity index is 2.54. The molecule has 0 aliphatic rings. The number of hydrogen-bond donors (Lipinski definition) is 1. The summed E-state index contributed by atoms with van der Waals surface area (Å²) >= 11 is 0. The fourth-order valence-electron chi connectivity index (χ4n) is 2.04. The average Bonchev–Trinajstić information content (AvgIpc) is 2.42. The summed E-state index contributed by atoms with van der Waals surface area (Å²) in [7, 11) is 3.75. The van der Waals surface area contributed by atoms with Crippen LogP contribution >= 0.6 is 0 Å². The average molecular weight is 264 g/mol. The van der Waals surface area contributed by atoms with Gasteiger partial charge in [-0.05, 0) is 45.0 Å². The summed E-state index contributed by atoms with van der Waals surface area (Å²) in [5.41, 5.74) is 2.77. The molecule has 0 radical (unpaired) electrons. The van der Waals surface area contributed by atoms with E-state index in [1.807, 2.05) is 7.05 Å². The molecule has 0 atom stereocenters. The van der Waals surface area contributed by atoms with Gasteiger partial charge in [0.1, 0.15) is 0 Å². The van der Waals surface area contributed by atoms with Gasteiger partial charge >= 0.3 is 0 Å². The Morgan fingerprint density at radius 3 is 2.32 bits per heavy atom. The smallest absolute Gasteiger partial charge is 0.0589 e. The molecule has 0 aliphatic heterocycles. The molecule has 1 N–H and O–H groups in total. The summed E-state index contributed by atoms with van der Waals surface area (Å²) in [6.07, 6.45) is 1.09. The normalized spacial score (nSPS) is 11.5. The Kier molecular flexibility index (Phi) is 7.72. The Bertz CT molecular complexity index is 335. The van der Waals surface area contributed by atoms with E-state index < -0.39 is 0 Å².